The molecule has 1 aromatic heterocycles. The van der Waals surface area contributed by atoms with E-state index < -0.39 is 23.0 Å². The summed E-state index contributed by atoms with van der Waals surface area (Å²) >= 11 is 0. The summed E-state index contributed by atoms with van der Waals surface area (Å²) in [6, 6.07) is 4.69. The van der Waals surface area contributed by atoms with Crippen molar-refractivity contribution in [2.24, 2.45) is 10.7 Å². The van der Waals surface area contributed by atoms with Gasteiger partial charge in [0.25, 0.3) is 5.91 Å². The molecule has 25 heavy (non-hydrogen) atoms. The molecule has 1 aliphatic rings. The maximum atomic E-state index is 13.1. The van der Waals surface area contributed by atoms with Crippen molar-refractivity contribution in [2.45, 2.75) is 18.3 Å². The Kier molecular flexibility index (Phi) is 4.51. The molecule has 0 saturated heterocycles. The molecule has 128 valence electrons. The van der Waals surface area contributed by atoms with Gasteiger partial charge < -0.3 is 11.1 Å². The van der Waals surface area contributed by atoms with Gasteiger partial charge in [0.2, 0.25) is 0 Å². The van der Waals surface area contributed by atoms with Crippen molar-refractivity contribution < 1.29 is 13.6 Å². The average molecular weight is 343 g/mol. The predicted molar refractivity (Wildman–Crippen MR) is 88.7 cm³/mol. The van der Waals surface area contributed by atoms with E-state index in [0.29, 0.717) is 18.7 Å². The number of nitrogens with zero attached hydrogens (tertiary/aromatic N) is 3. The summed E-state index contributed by atoms with van der Waals surface area (Å²) in [6.07, 6.45) is 7.07. The number of nitrogens with two attached hydrogens (primary N) is 1. The number of carbonyl (C=O) groups excluding carboxylic acids is 1. The second kappa shape index (κ2) is 6.76. The van der Waals surface area contributed by atoms with E-state index in [1.54, 1.807) is 18.5 Å². The Labute approximate surface area is 142 Å². The Morgan fingerprint density at radius 2 is 1.84 bits per heavy atom. The van der Waals surface area contributed by atoms with E-state index >= 15 is 0 Å². The summed E-state index contributed by atoms with van der Waals surface area (Å²) in [5.41, 5.74) is 5.13. The van der Waals surface area contributed by atoms with Gasteiger partial charge in [-0.25, -0.2) is 18.7 Å². The number of aromatic nitrogens is 2. The molecule has 1 heterocycles. The number of halogens is 2. The molecule has 2 aromatic rings. The first-order valence-electron chi connectivity index (χ1n) is 7.55. The van der Waals surface area contributed by atoms with Crippen LogP contribution >= 0.6 is 0 Å². The van der Waals surface area contributed by atoms with Crippen LogP contribution in [-0.2, 0) is 10.2 Å². The highest BCUT2D eigenvalue weighted by Gasteiger charge is 2.54. The summed E-state index contributed by atoms with van der Waals surface area (Å²) in [5.74, 6) is -1.40. The van der Waals surface area contributed by atoms with Crippen LogP contribution in [0.15, 0.2) is 53.9 Å². The summed E-state index contributed by atoms with van der Waals surface area (Å²) in [5, 5.41) is 2.66. The molecule has 1 amide bonds. The van der Waals surface area contributed by atoms with Gasteiger partial charge in [0, 0.05) is 30.3 Å². The molecule has 0 atom stereocenters. The second-order valence-corrected chi connectivity index (χ2v) is 5.63. The van der Waals surface area contributed by atoms with Gasteiger partial charge in [-0.1, -0.05) is 0 Å². The highest BCUT2D eigenvalue weighted by atomic mass is 19.1. The van der Waals surface area contributed by atoms with Gasteiger partial charge in [-0.15, -0.1) is 0 Å². The van der Waals surface area contributed by atoms with E-state index in [2.05, 4.69) is 20.3 Å². The number of benzene rings is 1. The number of amides is 1. The fourth-order valence-corrected chi connectivity index (χ4v) is 2.33. The van der Waals surface area contributed by atoms with Crippen molar-refractivity contribution >= 4 is 17.4 Å². The van der Waals surface area contributed by atoms with Crippen LogP contribution in [0, 0.1) is 11.6 Å². The molecular weight excluding hydrogens is 328 g/mol. The van der Waals surface area contributed by atoms with Crippen LogP contribution in [-0.4, -0.2) is 21.7 Å². The van der Waals surface area contributed by atoms with Crippen LogP contribution in [0.3, 0.4) is 0 Å². The molecule has 0 radical (unpaired) electrons. The monoisotopic (exact) mass is 343 g/mol. The number of hydrogen-bond donors (Lipinski definition) is 2. The van der Waals surface area contributed by atoms with Crippen LogP contribution in [0.5, 0.6) is 0 Å². The molecule has 0 aliphatic heterocycles. The third kappa shape index (κ3) is 3.85. The minimum absolute atomic E-state index is 0.0309. The largest absolute Gasteiger partial charge is 0.384 e. The standard InChI is InChI=1S/C17H15F2N5O/c18-11-8-12(19)10-13(9-11)21-7-2-14(20)24-16(25)17(3-4-17)15-22-5-1-6-23-15/h1-2,5-10,21H,3-4H2,(H2,20,24,25)/b7-2-. The molecule has 1 saturated carbocycles. The van der Waals surface area contributed by atoms with Crippen molar-refractivity contribution in [1.82, 2.24) is 9.97 Å². The Morgan fingerprint density at radius 1 is 1.20 bits per heavy atom. The third-order valence-electron chi connectivity index (χ3n) is 3.75. The van der Waals surface area contributed by atoms with E-state index in [-0.39, 0.29) is 11.5 Å². The lowest BCUT2D eigenvalue weighted by atomic mass is 10.1. The summed E-state index contributed by atoms with van der Waals surface area (Å²) < 4.78 is 26.2. The smallest absolute Gasteiger partial charge is 0.261 e. The lowest BCUT2D eigenvalue weighted by Crippen LogP contribution is -2.24. The van der Waals surface area contributed by atoms with Gasteiger partial charge in [-0.3, -0.25) is 4.79 Å². The molecular formula is C17H15F2N5O. The second-order valence-electron chi connectivity index (χ2n) is 5.63. The summed E-state index contributed by atoms with van der Waals surface area (Å²) in [7, 11) is 0. The van der Waals surface area contributed by atoms with Crippen LogP contribution < -0.4 is 11.1 Å². The summed E-state index contributed by atoms with van der Waals surface area (Å²) in [6.45, 7) is 0. The zero-order valence-electron chi connectivity index (χ0n) is 13.1. The van der Waals surface area contributed by atoms with Gasteiger partial charge in [0.1, 0.15) is 28.7 Å². The fraction of sp³-hybridized carbons (Fsp3) is 0.176. The summed E-state index contributed by atoms with van der Waals surface area (Å²) in [4.78, 5) is 24.4. The van der Waals surface area contributed by atoms with E-state index in [4.69, 9.17) is 5.73 Å². The number of carbonyl (C=O) groups is 1. The van der Waals surface area contributed by atoms with E-state index in [9.17, 15) is 13.6 Å². The van der Waals surface area contributed by atoms with Crippen molar-refractivity contribution in [3.05, 3.63) is 66.4 Å². The molecule has 8 heteroatoms. The third-order valence-corrected chi connectivity index (χ3v) is 3.75. The highest BCUT2D eigenvalue weighted by Crippen LogP contribution is 2.47. The zero-order chi connectivity index (χ0) is 17.9. The van der Waals surface area contributed by atoms with Gasteiger partial charge in [0.15, 0.2) is 0 Å². The van der Waals surface area contributed by atoms with Crippen molar-refractivity contribution in [2.75, 3.05) is 5.32 Å². The van der Waals surface area contributed by atoms with Gasteiger partial charge in [-0.2, -0.15) is 4.99 Å². The molecule has 0 bridgehead atoms. The van der Waals surface area contributed by atoms with E-state index in [0.717, 1.165) is 18.2 Å². The fourth-order valence-electron chi connectivity index (χ4n) is 2.33. The molecule has 0 spiro atoms. The zero-order valence-corrected chi connectivity index (χ0v) is 13.1. The van der Waals surface area contributed by atoms with Crippen LogP contribution in [0.1, 0.15) is 18.7 Å². The first-order chi connectivity index (χ1) is 12.0. The average Bonchev–Trinajstić information content (AvgIpc) is 3.36. The lowest BCUT2D eigenvalue weighted by molar-refractivity contribution is -0.120. The topological polar surface area (TPSA) is 93.3 Å². The minimum atomic E-state index is -0.793. The SMILES string of the molecule is NC(/C=C\Nc1cc(F)cc(F)c1)=NC(=O)C1(c2ncccn2)CC1. The van der Waals surface area contributed by atoms with Crippen LogP contribution in [0.2, 0.25) is 0 Å². The van der Waals surface area contributed by atoms with Gasteiger partial charge in [0.05, 0.1) is 0 Å². The Hall–Kier alpha value is -3.16. The highest BCUT2D eigenvalue weighted by molar-refractivity contribution is 6.04. The van der Waals surface area contributed by atoms with Crippen LogP contribution in [0.25, 0.3) is 0 Å². The number of aliphatic imine (C=N–C) groups is 1. The molecule has 1 aliphatic carbocycles. The number of hydrogen-bond acceptors (Lipinski definition) is 4. The molecule has 3 rings (SSSR count). The molecule has 6 nitrogen and oxygen atoms in total. The van der Waals surface area contributed by atoms with Crippen molar-refractivity contribution in [3.63, 3.8) is 0 Å². The quantitative estimate of drug-likeness (QED) is 0.642. The maximum Gasteiger partial charge on any atom is 0.261 e. The van der Waals surface area contributed by atoms with Crippen molar-refractivity contribution in [1.29, 1.82) is 0 Å². The molecule has 3 N–H and O–H groups in total. The molecule has 1 aromatic carbocycles. The maximum absolute atomic E-state index is 13.1. The molecule has 1 fully saturated rings. The Balaban J connectivity index is 1.66. The number of anilines is 1. The van der Waals surface area contributed by atoms with Gasteiger partial charge in [-0.05, 0) is 37.1 Å². The molecule has 0 unspecified atom stereocenters. The number of amidine groups is 1. The first kappa shape index (κ1) is 16.7. The Morgan fingerprint density at radius 3 is 2.44 bits per heavy atom. The lowest BCUT2D eigenvalue weighted by Gasteiger charge is -2.08. The van der Waals surface area contributed by atoms with Crippen LogP contribution in [0.4, 0.5) is 14.5 Å². The number of nitrogens with one attached hydrogen (secondary N) is 1. The minimum Gasteiger partial charge on any atom is -0.384 e. The van der Waals surface area contributed by atoms with Crippen molar-refractivity contribution in [3.8, 4) is 0 Å². The normalized spacial score (nSPS) is 16.0. The Bertz CT molecular complexity index is 827. The predicted octanol–water partition coefficient (Wildman–Crippen LogP) is 2.30. The number of rotatable bonds is 5. The van der Waals surface area contributed by atoms with E-state index in [1.807, 2.05) is 0 Å². The first-order valence-corrected chi connectivity index (χ1v) is 7.55. The van der Waals surface area contributed by atoms with E-state index in [1.165, 1.54) is 12.3 Å². The van der Waals surface area contributed by atoms with Gasteiger partial charge >= 0.3 is 0 Å².